The molecule has 1 saturated carbocycles. The van der Waals surface area contributed by atoms with Crippen LogP contribution in [-0.2, 0) is 9.47 Å². The lowest BCUT2D eigenvalue weighted by atomic mass is 9.91. The highest BCUT2D eigenvalue weighted by Crippen LogP contribution is 2.53. The van der Waals surface area contributed by atoms with Crippen molar-refractivity contribution in [1.82, 2.24) is 0 Å². The van der Waals surface area contributed by atoms with Crippen LogP contribution >= 0.6 is 23.5 Å². The predicted octanol–water partition coefficient (Wildman–Crippen LogP) is -1.50. The summed E-state index contributed by atoms with van der Waals surface area (Å²) in [4.78, 5) is 0. The standard InChI is InChI=1S/C13H22O7S2/c14-5-8-9(16)10(17)12(20-8)19-6-3-7(15)11(18)13(4-6)21-1-2-22-13/h6-12,14-18H,1-5H2/t6-,7-,8-,9-,10+,11+,12+/m1/s1. The maximum atomic E-state index is 10.3. The van der Waals surface area contributed by atoms with Crippen molar-refractivity contribution in [1.29, 1.82) is 0 Å². The number of rotatable bonds is 3. The molecular formula is C13H22O7S2. The molecule has 0 radical (unpaired) electrons. The molecule has 3 aliphatic rings. The molecule has 22 heavy (non-hydrogen) atoms. The van der Waals surface area contributed by atoms with Crippen molar-refractivity contribution in [3.05, 3.63) is 0 Å². The topological polar surface area (TPSA) is 120 Å². The molecule has 0 unspecified atom stereocenters. The molecule has 9 heteroatoms. The predicted molar refractivity (Wildman–Crippen MR) is 81.5 cm³/mol. The van der Waals surface area contributed by atoms with Crippen molar-refractivity contribution in [3.63, 3.8) is 0 Å². The van der Waals surface area contributed by atoms with Crippen LogP contribution in [0, 0.1) is 0 Å². The van der Waals surface area contributed by atoms with E-state index in [1.54, 1.807) is 23.5 Å². The smallest absolute Gasteiger partial charge is 0.186 e. The van der Waals surface area contributed by atoms with Crippen LogP contribution < -0.4 is 0 Å². The molecule has 1 spiro atoms. The Kier molecular flexibility index (Phi) is 5.28. The summed E-state index contributed by atoms with van der Waals surface area (Å²) in [6.45, 7) is -0.403. The van der Waals surface area contributed by atoms with Gasteiger partial charge in [0.1, 0.15) is 24.4 Å². The molecule has 1 aliphatic carbocycles. The normalized spacial score (nSPS) is 48.1. The minimum Gasteiger partial charge on any atom is -0.394 e. The first-order chi connectivity index (χ1) is 10.5. The van der Waals surface area contributed by atoms with E-state index < -0.39 is 47.5 Å². The lowest BCUT2D eigenvalue weighted by molar-refractivity contribution is -0.209. The van der Waals surface area contributed by atoms with Crippen molar-refractivity contribution in [2.24, 2.45) is 0 Å². The van der Waals surface area contributed by atoms with Gasteiger partial charge in [0.25, 0.3) is 0 Å². The SMILES string of the molecule is OC[C@H]1O[C@H](O[C@@H]2C[C@@H](O)[C@H](O)C3(C2)SCCS3)[C@@H](O)[C@@H]1O. The minimum atomic E-state index is -1.24. The second kappa shape index (κ2) is 6.73. The molecule has 7 atom stereocenters. The monoisotopic (exact) mass is 354 g/mol. The van der Waals surface area contributed by atoms with E-state index in [0.717, 1.165) is 11.5 Å². The molecule has 2 aliphatic heterocycles. The van der Waals surface area contributed by atoms with Crippen LogP contribution in [0.4, 0.5) is 0 Å². The van der Waals surface area contributed by atoms with E-state index in [4.69, 9.17) is 14.6 Å². The number of ether oxygens (including phenoxy) is 2. The number of thioether (sulfide) groups is 2. The van der Waals surface area contributed by atoms with Crippen molar-refractivity contribution in [2.45, 2.75) is 59.8 Å². The van der Waals surface area contributed by atoms with Gasteiger partial charge < -0.3 is 35.0 Å². The van der Waals surface area contributed by atoms with Crippen LogP contribution in [0.1, 0.15) is 12.8 Å². The third-order valence-corrected chi connectivity index (χ3v) is 8.01. The molecule has 7 nitrogen and oxygen atoms in total. The van der Waals surface area contributed by atoms with E-state index in [1.807, 2.05) is 0 Å². The molecule has 2 heterocycles. The Bertz CT molecular complexity index is 393. The fraction of sp³-hybridized carbons (Fsp3) is 1.00. The van der Waals surface area contributed by atoms with Crippen LogP contribution in [-0.4, -0.2) is 90.6 Å². The van der Waals surface area contributed by atoms with Crippen molar-refractivity contribution in [3.8, 4) is 0 Å². The molecule has 128 valence electrons. The number of aliphatic hydroxyl groups is 5. The highest BCUT2D eigenvalue weighted by molar-refractivity contribution is 8.21. The van der Waals surface area contributed by atoms with Crippen LogP contribution in [0.2, 0.25) is 0 Å². The van der Waals surface area contributed by atoms with Crippen LogP contribution in [0.3, 0.4) is 0 Å². The summed E-state index contributed by atoms with van der Waals surface area (Å²) in [5, 5.41) is 49.2. The van der Waals surface area contributed by atoms with E-state index >= 15 is 0 Å². The molecule has 0 aromatic heterocycles. The van der Waals surface area contributed by atoms with Crippen molar-refractivity contribution >= 4 is 23.5 Å². The summed E-state index contributed by atoms with van der Waals surface area (Å²) < 4.78 is 10.6. The summed E-state index contributed by atoms with van der Waals surface area (Å²) in [6.07, 6.45) is -5.65. The quantitative estimate of drug-likeness (QED) is 0.412. The molecule has 0 bridgehead atoms. The lowest BCUT2D eigenvalue weighted by Crippen LogP contribution is -2.52. The van der Waals surface area contributed by atoms with Crippen LogP contribution in [0.15, 0.2) is 0 Å². The van der Waals surface area contributed by atoms with Gasteiger partial charge in [0.2, 0.25) is 0 Å². The van der Waals surface area contributed by atoms with Crippen molar-refractivity contribution < 1.29 is 35.0 Å². The van der Waals surface area contributed by atoms with Gasteiger partial charge in [-0.2, -0.15) is 0 Å². The Hall–Kier alpha value is 0.420. The van der Waals surface area contributed by atoms with E-state index in [0.29, 0.717) is 6.42 Å². The summed E-state index contributed by atoms with van der Waals surface area (Å²) in [6, 6.07) is 0. The Morgan fingerprint density at radius 2 is 1.77 bits per heavy atom. The minimum absolute atomic E-state index is 0.247. The third-order valence-electron chi connectivity index (χ3n) is 4.43. The number of aliphatic hydroxyl groups excluding tert-OH is 5. The van der Waals surface area contributed by atoms with Crippen LogP contribution in [0.25, 0.3) is 0 Å². The molecule has 0 aromatic rings. The Labute approximate surface area is 137 Å². The zero-order chi connectivity index (χ0) is 15.9. The van der Waals surface area contributed by atoms with E-state index in [9.17, 15) is 20.4 Å². The lowest BCUT2D eigenvalue weighted by Gasteiger charge is -2.43. The van der Waals surface area contributed by atoms with Gasteiger partial charge in [-0.3, -0.25) is 0 Å². The Balaban J connectivity index is 1.65. The Morgan fingerprint density at radius 1 is 1.09 bits per heavy atom. The highest BCUT2D eigenvalue weighted by Gasteiger charge is 2.53. The van der Waals surface area contributed by atoms with E-state index in [1.165, 1.54) is 0 Å². The fourth-order valence-corrected chi connectivity index (χ4v) is 6.70. The zero-order valence-electron chi connectivity index (χ0n) is 11.9. The molecule has 2 saturated heterocycles. The van der Waals surface area contributed by atoms with Crippen LogP contribution in [0.5, 0.6) is 0 Å². The second-order valence-corrected chi connectivity index (χ2v) is 9.03. The molecule has 0 aromatic carbocycles. The van der Waals surface area contributed by atoms with Gasteiger partial charge in [-0.1, -0.05) is 0 Å². The van der Waals surface area contributed by atoms with Gasteiger partial charge in [-0.15, -0.1) is 23.5 Å². The third kappa shape index (κ3) is 3.03. The maximum Gasteiger partial charge on any atom is 0.186 e. The highest BCUT2D eigenvalue weighted by atomic mass is 32.2. The molecular weight excluding hydrogens is 332 g/mol. The van der Waals surface area contributed by atoms with Gasteiger partial charge in [-0.05, 0) is 0 Å². The molecule has 5 N–H and O–H groups in total. The summed E-state index contributed by atoms with van der Waals surface area (Å²) in [5.74, 6) is 1.82. The Morgan fingerprint density at radius 3 is 2.36 bits per heavy atom. The summed E-state index contributed by atoms with van der Waals surface area (Å²) in [7, 11) is 0. The van der Waals surface area contributed by atoms with Gasteiger partial charge >= 0.3 is 0 Å². The molecule has 3 fully saturated rings. The van der Waals surface area contributed by atoms with Gasteiger partial charge in [0, 0.05) is 24.3 Å². The van der Waals surface area contributed by atoms with Gasteiger partial charge in [0.15, 0.2) is 6.29 Å². The van der Waals surface area contributed by atoms with Crippen molar-refractivity contribution in [2.75, 3.05) is 18.1 Å². The first-order valence-electron chi connectivity index (χ1n) is 7.39. The van der Waals surface area contributed by atoms with E-state index in [2.05, 4.69) is 0 Å². The van der Waals surface area contributed by atoms with Gasteiger partial charge in [-0.25, -0.2) is 0 Å². The zero-order valence-corrected chi connectivity index (χ0v) is 13.6. The largest absolute Gasteiger partial charge is 0.394 e. The summed E-state index contributed by atoms with van der Waals surface area (Å²) >= 11 is 3.25. The maximum absolute atomic E-state index is 10.3. The number of hydrogen-bond donors (Lipinski definition) is 5. The van der Waals surface area contributed by atoms with Gasteiger partial charge in [0.05, 0.1) is 22.9 Å². The fourth-order valence-electron chi connectivity index (χ4n) is 3.24. The average Bonchev–Trinajstić information content (AvgIpc) is 3.06. The number of hydrogen-bond acceptors (Lipinski definition) is 9. The molecule has 0 amide bonds. The van der Waals surface area contributed by atoms with E-state index in [-0.39, 0.29) is 12.5 Å². The average molecular weight is 354 g/mol. The first-order valence-corrected chi connectivity index (χ1v) is 9.36. The summed E-state index contributed by atoms with van der Waals surface area (Å²) in [5.41, 5.74) is 0. The second-order valence-electron chi connectivity index (χ2n) is 5.93. The first kappa shape index (κ1) is 17.2. The molecule has 3 rings (SSSR count).